The number of rotatable bonds is 4. The Labute approximate surface area is 158 Å². The van der Waals surface area contributed by atoms with Crippen LogP contribution in [0.2, 0.25) is 0 Å². The van der Waals surface area contributed by atoms with Gasteiger partial charge >= 0.3 is 5.97 Å². The number of carbonyl (C=O) groups excluding carboxylic acids is 2. The van der Waals surface area contributed by atoms with Crippen molar-refractivity contribution in [3.05, 3.63) is 66.2 Å². The molecule has 0 aliphatic heterocycles. The fraction of sp³-hybridized carbons (Fsp3) is 0.227. The smallest absolute Gasteiger partial charge is 0.339 e. The van der Waals surface area contributed by atoms with E-state index in [4.69, 9.17) is 4.74 Å². The number of benzene rings is 2. The van der Waals surface area contributed by atoms with Crippen LogP contribution in [0.15, 0.2) is 60.7 Å². The maximum Gasteiger partial charge on any atom is 0.339 e. The van der Waals surface area contributed by atoms with Crippen LogP contribution in [0.3, 0.4) is 0 Å². The first-order chi connectivity index (χ1) is 12.8. The number of ether oxygens (including phenoxy) is 1. The first kappa shape index (κ1) is 18.6. The lowest BCUT2D eigenvalue weighted by Crippen LogP contribution is -2.42. The zero-order valence-electron chi connectivity index (χ0n) is 15.7. The van der Waals surface area contributed by atoms with Gasteiger partial charge in [-0.1, -0.05) is 48.5 Å². The highest BCUT2D eigenvalue weighted by Gasteiger charge is 2.18. The molecule has 1 amide bonds. The minimum atomic E-state index is -0.546. The number of esters is 1. The lowest BCUT2D eigenvalue weighted by atomic mass is 10.0. The quantitative estimate of drug-likeness (QED) is 0.713. The summed E-state index contributed by atoms with van der Waals surface area (Å²) in [5.74, 6) is -0.882. The molecule has 0 aliphatic rings. The SMILES string of the molecule is CC(C)(C)NC(=O)COC(=O)c1cc(-c2ccccc2)nc2ccccc12. The van der Waals surface area contributed by atoms with Gasteiger partial charge in [0.2, 0.25) is 0 Å². The first-order valence-corrected chi connectivity index (χ1v) is 8.77. The molecule has 1 N–H and O–H groups in total. The van der Waals surface area contributed by atoms with Crippen LogP contribution in [0, 0.1) is 0 Å². The van der Waals surface area contributed by atoms with Crippen LogP contribution in [-0.4, -0.2) is 29.0 Å². The number of nitrogens with one attached hydrogen (secondary N) is 1. The molecule has 0 radical (unpaired) electrons. The lowest BCUT2D eigenvalue weighted by Gasteiger charge is -2.20. The number of carbonyl (C=O) groups is 2. The Morgan fingerprint density at radius 3 is 2.37 bits per heavy atom. The molecule has 3 rings (SSSR count). The summed E-state index contributed by atoms with van der Waals surface area (Å²) in [7, 11) is 0. The van der Waals surface area contributed by atoms with Gasteiger partial charge in [0.05, 0.1) is 16.8 Å². The molecule has 2 aromatic carbocycles. The fourth-order valence-electron chi connectivity index (χ4n) is 2.76. The standard InChI is InChI=1S/C22H22N2O3/c1-22(2,3)24-20(25)14-27-21(26)17-13-19(15-9-5-4-6-10-15)23-18-12-8-7-11-16(17)18/h4-13H,14H2,1-3H3,(H,24,25). The molecule has 0 unspecified atom stereocenters. The largest absolute Gasteiger partial charge is 0.452 e. The van der Waals surface area contributed by atoms with E-state index in [0.29, 0.717) is 22.2 Å². The molecular weight excluding hydrogens is 340 g/mol. The van der Waals surface area contributed by atoms with E-state index in [9.17, 15) is 9.59 Å². The van der Waals surface area contributed by atoms with Gasteiger partial charge in [0.25, 0.3) is 5.91 Å². The van der Waals surface area contributed by atoms with E-state index < -0.39 is 5.97 Å². The average Bonchev–Trinajstić information content (AvgIpc) is 2.64. The van der Waals surface area contributed by atoms with Crippen molar-refractivity contribution in [2.75, 3.05) is 6.61 Å². The van der Waals surface area contributed by atoms with Crippen LogP contribution in [0.25, 0.3) is 22.2 Å². The summed E-state index contributed by atoms with van der Waals surface area (Å²) in [6.45, 7) is 5.28. The zero-order chi connectivity index (χ0) is 19.4. The predicted octanol–water partition coefficient (Wildman–Crippen LogP) is 3.97. The summed E-state index contributed by atoms with van der Waals surface area (Å²) in [4.78, 5) is 29.3. The highest BCUT2D eigenvalue weighted by Crippen LogP contribution is 2.25. The van der Waals surface area contributed by atoms with Gasteiger partial charge in [-0.05, 0) is 32.9 Å². The van der Waals surface area contributed by atoms with Gasteiger partial charge in [0, 0.05) is 16.5 Å². The molecule has 0 spiro atoms. The number of pyridine rings is 1. The first-order valence-electron chi connectivity index (χ1n) is 8.77. The summed E-state index contributed by atoms with van der Waals surface area (Å²) in [6.07, 6.45) is 0. The third-order valence-corrected chi connectivity index (χ3v) is 3.85. The van der Waals surface area contributed by atoms with E-state index >= 15 is 0 Å². The van der Waals surface area contributed by atoms with Gasteiger partial charge in [-0.2, -0.15) is 0 Å². The van der Waals surface area contributed by atoms with E-state index in [1.165, 1.54) is 0 Å². The van der Waals surface area contributed by atoms with Gasteiger partial charge in [-0.25, -0.2) is 9.78 Å². The maximum absolute atomic E-state index is 12.7. The third kappa shape index (κ3) is 4.70. The fourth-order valence-corrected chi connectivity index (χ4v) is 2.76. The van der Waals surface area contributed by atoms with E-state index in [2.05, 4.69) is 10.3 Å². The normalized spacial score (nSPS) is 11.2. The number of amides is 1. The van der Waals surface area contributed by atoms with Crippen molar-refractivity contribution in [1.82, 2.24) is 10.3 Å². The Morgan fingerprint density at radius 1 is 1.00 bits per heavy atom. The molecule has 27 heavy (non-hydrogen) atoms. The molecule has 0 saturated carbocycles. The topological polar surface area (TPSA) is 68.3 Å². The molecule has 0 atom stereocenters. The highest BCUT2D eigenvalue weighted by atomic mass is 16.5. The van der Waals surface area contributed by atoms with Gasteiger partial charge in [-0.15, -0.1) is 0 Å². The van der Waals surface area contributed by atoms with Crippen LogP contribution < -0.4 is 5.32 Å². The van der Waals surface area contributed by atoms with Crippen molar-refractivity contribution in [2.45, 2.75) is 26.3 Å². The number of fused-ring (bicyclic) bond motifs is 1. The van der Waals surface area contributed by atoms with Crippen molar-refractivity contribution in [1.29, 1.82) is 0 Å². The zero-order valence-corrected chi connectivity index (χ0v) is 15.7. The van der Waals surface area contributed by atoms with Gasteiger partial charge in [-0.3, -0.25) is 4.79 Å². The second-order valence-corrected chi connectivity index (χ2v) is 7.31. The molecule has 0 fully saturated rings. The molecule has 0 aliphatic carbocycles. The number of aromatic nitrogens is 1. The molecule has 138 valence electrons. The van der Waals surface area contributed by atoms with Crippen molar-refractivity contribution in [2.24, 2.45) is 0 Å². The van der Waals surface area contributed by atoms with Crippen LogP contribution >= 0.6 is 0 Å². The molecule has 5 nitrogen and oxygen atoms in total. The molecule has 0 bridgehead atoms. The lowest BCUT2D eigenvalue weighted by molar-refractivity contribution is -0.125. The number of para-hydroxylation sites is 1. The van der Waals surface area contributed by atoms with Gasteiger partial charge < -0.3 is 10.1 Å². The minimum absolute atomic E-state index is 0.326. The Bertz CT molecular complexity index is 976. The molecular formula is C22H22N2O3. The number of hydrogen-bond donors (Lipinski definition) is 1. The predicted molar refractivity (Wildman–Crippen MR) is 105 cm³/mol. The van der Waals surface area contributed by atoms with E-state index in [-0.39, 0.29) is 18.1 Å². The van der Waals surface area contributed by atoms with Crippen molar-refractivity contribution >= 4 is 22.8 Å². The highest BCUT2D eigenvalue weighted by molar-refractivity contribution is 6.05. The number of hydrogen-bond acceptors (Lipinski definition) is 4. The Balaban J connectivity index is 1.90. The third-order valence-electron chi connectivity index (χ3n) is 3.85. The van der Waals surface area contributed by atoms with Gasteiger partial charge in [0.15, 0.2) is 6.61 Å². The second kappa shape index (κ2) is 7.58. The second-order valence-electron chi connectivity index (χ2n) is 7.31. The Kier molecular flexibility index (Phi) is 5.21. The summed E-state index contributed by atoms with van der Waals surface area (Å²) in [5, 5.41) is 3.46. The van der Waals surface area contributed by atoms with E-state index in [1.807, 2.05) is 75.4 Å². The molecule has 3 aromatic rings. The molecule has 1 heterocycles. The molecule has 5 heteroatoms. The van der Waals surface area contributed by atoms with Crippen LogP contribution in [0.5, 0.6) is 0 Å². The Hall–Kier alpha value is -3.21. The Morgan fingerprint density at radius 2 is 1.67 bits per heavy atom. The molecule has 1 aromatic heterocycles. The van der Waals surface area contributed by atoms with Gasteiger partial charge in [0.1, 0.15) is 0 Å². The van der Waals surface area contributed by atoms with Crippen molar-refractivity contribution in [3.8, 4) is 11.3 Å². The molecule has 0 saturated heterocycles. The van der Waals surface area contributed by atoms with Crippen LogP contribution in [-0.2, 0) is 9.53 Å². The summed E-state index contributed by atoms with van der Waals surface area (Å²) < 4.78 is 5.26. The van der Waals surface area contributed by atoms with E-state index in [0.717, 1.165) is 5.56 Å². The van der Waals surface area contributed by atoms with Crippen molar-refractivity contribution in [3.63, 3.8) is 0 Å². The van der Waals surface area contributed by atoms with E-state index in [1.54, 1.807) is 6.07 Å². The summed E-state index contributed by atoms with van der Waals surface area (Å²) in [6, 6.07) is 18.7. The minimum Gasteiger partial charge on any atom is -0.452 e. The number of nitrogens with zero attached hydrogens (tertiary/aromatic N) is 1. The van der Waals surface area contributed by atoms with Crippen LogP contribution in [0.4, 0.5) is 0 Å². The summed E-state index contributed by atoms with van der Waals surface area (Å²) >= 11 is 0. The summed E-state index contributed by atoms with van der Waals surface area (Å²) in [5.41, 5.74) is 2.30. The van der Waals surface area contributed by atoms with Crippen molar-refractivity contribution < 1.29 is 14.3 Å². The van der Waals surface area contributed by atoms with Crippen LogP contribution in [0.1, 0.15) is 31.1 Å². The maximum atomic E-state index is 12.7. The average molecular weight is 362 g/mol. The monoisotopic (exact) mass is 362 g/mol.